The van der Waals surface area contributed by atoms with Crippen LogP contribution in [-0.2, 0) is 20.9 Å². The zero-order valence-corrected chi connectivity index (χ0v) is 23.0. The Labute approximate surface area is 234 Å². The number of hydrogen-bond donors (Lipinski definition) is 7. The molecule has 0 bridgehead atoms. The number of amides is 4. The van der Waals surface area contributed by atoms with Crippen molar-refractivity contribution in [1.29, 1.82) is 0 Å². The van der Waals surface area contributed by atoms with Gasteiger partial charge in [0.2, 0.25) is 17.7 Å². The molecule has 2 aromatic rings. The first kappa shape index (κ1) is 31.0. The number of H-pyrrole nitrogens is 1. The Bertz CT molecular complexity index is 1420. The van der Waals surface area contributed by atoms with Crippen LogP contribution in [0.2, 0.25) is 0 Å². The third kappa shape index (κ3) is 8.49. The van der Waals surface area contributed by atoms with E-state index in [-0.39, 0.29) is 41.6 Å². The maximum Gasteiger partial charge on any atom is 0.328 e. The lowest BCUT2D eigenvalue weighted by molar-refractivity contribution is -0.130. The lowest BCUT2D eigenvalue weighted by Crippen LogP contribution is -2.56. The second kappa shape index (κ2) is 13.7. The van der Waals surface area contributed by atoms with Crippen molar-refractivity contribution in [1.82, 2.24) is 25.5 Å². The third-order valence-electron chi connectivity index (χ3n) is 6.18. The second-order valence-corrected chi connectivity index (χ2v) is 10.2. The number of anilines is 1. The van der Waals surface area contributed by atoms with Crippen LogP contribution in [0.15, 0.2) is 34.0 Å². The number of aromatic amines is 1. The van der Waals surface area contributed by atoms with Gasteiger partial charge in [-0.25, -0.2) is 4.79 Å². The lowest BCUT2D eigenvalue weighted by atomic mass is 10.0. The molecular formula is C26H35N7O8. The van der Waals surface area contributed by atoms with Crippen LogP contribution < -0.4 is 43.0 Å². The number of carbonyl (C=O) groups is 4. The van der Waals surface area contributed by atoms with Crippen molar-refractivity contribution >= 4 is 29.3 Å². The van der Waals surface area contributed by atoms with Crippen LogP contribution in [-0.4, -0.2) is 76.2 Å². The van der Waals surface area contributed by atoms with Crippen LogP contribution >= 0.6 is 0 Å². The molecule has 3 rings (SSSR count). The van der Waals surface area contributed by atoms with Crippen molar-refractivity contribution in [3.05, 3.63) is 56.4 Å². The van der Waals surface area contributed by atoms with E-state index in [1.54, 1.807) is 0 Å². The van der Waals surface area contributed by atoms with E-state index in [0.717, 1.165) is 4.57 Å². The molecule has 0 fully saturated rings. The molecule has 0 aliphatic carbocycles. The van der Waals surface area contributed by atoms with E-state index < -0.39 is 66.2 Å². The summed E-state index contributed by atoms with van der Waals surface area (Å²) in [7, 11) is 0. The Kier molecular flexibility index (Phi) is 10.4. The van der Waals surface area contributed by atoms with Gasteiger partial charge in [0, 0.05) is 24.0 Å². The minimum Gasteiger partial charge on any atom is -0.491 e. The Morgan fingerprint density at radius 3 is 2.59 bits per heavy atom. The van der Waals surface area contributed by atoms with Crippen molar-refractivity contribution in [3.63, 3.8) is 0 Å². The van der Waals surface area contributed by atoms with Crippen LogP contribution in [0, 0.1) is 12.8 Å². The molecule has 8 N–H and O–H groups in total. The zero-order chi connectivity index (χ0) is 30.3. The average Bonchev–Trinajstić information content (AvgIpc) is 2.91. The van der Waals surface area contributed by atoms with Crippen LogP contribution in [0.5, 0.6) is 5.75 Å². The molecule has 1 unspecified atom stereocenters. The van der Waals surface area contributed by atoms with Crippen molar-refractivity contribution in [3.8, 4) is 5.75 Å². The van der Waals surface area contributed by atoms with Crippen molar-refractivity contribution in [2.45, 2.75) is 51.9 Å². The van der Waals surface area contributed by atoms with E-state index in [4.69, 9.17) is 10.5 Å². The predicted octanol–water partition coefficient (Wildman–Crippen LogP) is -2.06. The maximum absolute atomic E-state index is 13.1. The van der Waals surface area contributed by atoms with E-state index in [0.29, 0.717) is 6.42 Å². The van der Waals surface area contributed by atoms with Gasteiger partial charge in [-0.3, -0.25) is 33.5 Å². The molecule has 0 saturated heterocycles. The van der Waals surface area contributed by atoms with Crippen molar-refractivity contribution in [2.75, 3.05) is 25.1 Å². The smallest absolute Gasteiger partial charge is 0.328 e. The molecule has 1 aliphatic heterocycles. The molecule has 3 atom stereocenters. The molecule has 41 heavy (non-hydrogen) atoms. The van der Waals surface area contributed by atoms with Crippen LogP contribution in [0.1, 0.15) is 36.2 Å². The van der Waals surface area contributed by atoms with Crippen molar-refractivity contribution < 1.29 is 29.0 Å². The van der Waals surface area contributed by atoms with E-state index in [1.165, 1.54) is 31.3 Å². The molecule has 0 spiro atoms. The first-order valence-corrected chi connectivity index (χ1v) is 13.0. The number of aryl methyl sites for hydroxylation is 1. The largest absolute Gasteiger partial charge is 0.491 e. The summed E-state index contributed by atoms with van der Waals surface area (Å²) < 4.78 is 6.80. The molecule has 1 aromatic carbocycles. The first-order chi connectivity index (χ1) is 19.4. The Morgan fingerprint density at radius 2 is 1.90 bits per heavy atom. The fourth-order valence-electron chi connectivity index (χ4n) is 4.01. The molecule has 15 heteroatoms. The van der Waals surface area contributed by atoms with E-state index in [1.807, 2.05) is 13.8 Å². The Morgan fingerprint density at radius 1 is 1.17 bits per heavy atom. The van der Waals surface area contributed by atoms with E-state index in [2.05, 4.69) is 26.3 Å². The fraction of sp³-hybridized carbons (Fsp3) is 0.462. The molecule has 222 valence electrons. The number of nitrogens with one attached hydrogen (secondary N) is 5. The lowest BCUT2D eigenvalue weighted by Gasteiger charge is -2.26. The van der Waals surface area contributed by atoms with Gasteiger partial charge in [0.1, 0.15) is 31.0 Å². The van der Waals surface area contributed by atoms with Crippen LogP contribution in [0.25, 0.3) is 0 Å². The van der Waals surface area contributed by atoms with Gasteiger partial charge in [0.25, 0.3) is 11.5 Å². The van der Waals surface area contributed by atoms with E-state index >= 15 is 0 Å². The SMILES string of the molecule is Cc1cn(CC(=O)Nc2ccc3c(c2)C(=O)NC[C@H](N)C(=O)N[C@@H](CC(C)C)C(=O)NC(CO)CO3)c(=O)[nH]c1=O. The number of benzene rings is 1. The highest BCUT2D eigenvalue weighted by molar-refractivity contribution is 6.00. The number of ether oxygens (including phenoxy) is 1. The normalized spacial score (nSPS) is 20.1. The molecule has 0 radical (unpaired) electrons. The molecular weight excluding hydrogens is 538 g/mol. The van der Waals surface area contributed by atoms with Gasteiger partial charge in [-0.2, -0.15) is 0 Å². The van der Waals surface area contributed by atoms with Gasteiger partial charge in [-0.1, -0.05) is 13.8 Å². The van der Waals surface area contributed by atoms with E-state index in [9.17, 15) is 33.9 Å². The molecule has 4 amide bonds. The highest BCUT2D eigenvalue weighted by Crippen LogP contribution is 2.24. The molecule has 15 nitrogen and oxygen atoms in total. The van der Waals surface area contributed by atoms with Gasteiger partial charge in [0.15, 0.2) is 0 Å². The van der Waals surface area contributed by atoms with Gasteiger partial charge in [0.05, 0.1) is 18.2 Å². The summed E-state index contributed by atoms with van der Waals surface area (Å²) in [6, 6.07) is 1.25. The van der Waals surface area contributed by atoms with Gasteiger partial charge < -0.3 is 36.8 Å². The summed E-state index contributed by atoms with van der Waals surface area (Å²) >= 11 is 0. The summed E-state index contributed by atoms with van der Waals surface area (Å²) in [5.41, 5.74) is 5.07. The first-order valence-electron chi connectivity index (χ1n) is 13.0. The number of aromatic nitrogens is 2. The number of aliphatic hydroxyl groups excluding tert-OH is 1. The summed E-state index contributed by atoms with van der Waals surface area (Å²) in [4.78, 5) is 77.0. The maximum atomic E-state index is 13.1. The summed E-state index contributed by atoms with van der Waals surface area (Å²) in [6.07, 6.45) is 1.58. The highest BCUT2D eigenvalue weighted by Gasteiger charge is 2.28. The monoisotopic (exact) mass is 573 g/mol. The molecule has 1 aromatic heterocycles. The summed E-state index contributed by atoms with van der Waals surface area (Å²) in [5.74, 6) is -2.29. The quantitative estimate of drug-likeness (QED) is 0.201. The fourth-order valence-corrected chi connectivity index (χ4v) is 4.01. The standard InChI is InChI=1S/C26H35N7O8/c1-13(2)6-19-25(39)30-16(11-34)12-41-20-5-4-15(7-17(20)23(37)28-8-18(27)24(38)31-19)29-21(35)10-33-9-14(3)22(36)32-26(33)40/h4-5,7,9,13,16,18-19,34H,6,8,10-12,27H2,1-3H3,(H,28,37)(H,29,35)(H,30,39)(H,31,38)(H,32,36,40)/t16?,18-,19-/m0/s1. The minimum absolute atomic E-state index is 0.0229. The van der Waals surface area contributed by atoms with Crippen LogP contribution in [0.4, 0.5) is 5.69 Å². The van der Waals surface area contributed by atoms with Gasteiger partial charge in [-0.05, 0) is 37.5 Å². The summed E-state index contributed by atoms with van der Waals surface area (Å²) in [6.45, 7) is 3.91. The Balaban J connectivity index is 1.85. The number of nitrogens with two attached hydrogens (primary N) is 1. The number of hydrogen-bond acceptors (Lipinski definition) is 9. The Hall–Kier alpha value is -4.50. The summed E-state index contributed by atoms with van der Waals surface area (Å²) in [5, 5.41) is 20.2. The predicted molar refractivity (Wildman–Crippen MR) is 147 cm³/mol. The topological polar surface area (TPSA) is 227 Å². The number of rotatable bonds is 6. The molecule has 0 saturated carbocycles. The molecule has 2 heterocycles. The van der Waals surface area contributed by atoms with Crippen molar-refractivity contribution in [2.24, 2.45) is 11.7 Å². The average molecular weight is 574 g/mol. The second-order valence-electron chi connectivity index (χ2n) is 10.2. The highest BCUT2D eigenvalue weighted by atomic mass is 16.5. The third-order valence-corrected chi connectivity index (χ3v) is 6.18. The minimum atomic E-state index is -1.18. The zero-order valence-electron chi connectivity index (χ0n) is 23.0. The van der Waals surface area contributed by atoms with Crippen LogP contribution in [0.3, 0.4) is 0 Å². The number of carbonyl (C=O) groups excluding carboxylic acids is 4. The number of nitrogens with zero attached hydrogens (tertiary/aromatic N) is 1. The number of aliphatic hydroxyl groups is 1. The number of fused-ring (bicyclic) bond motifs is 1. The van der Waals surface area contributed by atoms with Gasteiger partial charge in [-0.15, -0.1) is 0 Å². The van der Waals surface area contributed by atoms with Gasteiger partial charge >= 0.3 is 5.69 Å². The molecule has 1 aliphatic rings.